The topological polar surface area (TPSA) is 70.8 Å². The van der Waals surface area contributed by atoms with Gasteiger partial charge in [-0.25, -0.2) is 4.39 Å². The second kappa shape index (κ2) is 14.0. The zero-order chi connectivity index (χ0) is 31.2. The number of rotatable bonds is 11. The predicted molar refractivity (Wildman–Crippen MR) is 176 cm³/mol. The Hall–Kier alpha value is -4.57. The van der Waals surface area contributed by atoms with Crippen LogP contribution in [0, 0.1) is 17.1 Å². The lowest BCUT2D eigenvalue weighted by Gasteiger charge is -2.20. The number of hydrogen-bond acceptors (Lipinski definition) is 5. The van der Waals surface area contributed by atoms with Crippen LogP contribution in [0.25, 0.3) is 11.1 Å². The van der Waals surface area contributed by atoms with E-state index in [2.05, 4.69) is 40.4 Å². The second-order valence-electron chi connectivity index (χ2n) is 11.6. The lowest BCUT2D eigenvalue weighted by Crippen LogP contribution is -2.28. The molecule has 2 aromatic heterocycles. The number of pyridine rings is 2. The van der Waals surface area contributed by atoms with Gasteiger partial charge in [-0.2, -0.15) is 5.26 Å². The van der Waals surface area contributed by atoms with E-state index in [1.165, 1.54) is 17.2 Å². The Balaban J connectivity index is 1.25. The number of ether oxygens (including phenoxy) is 1. The van der Waals surface area contributed by atoms with E-state index in [9.17, 15) is 9.65 Å². The van der Waals surface area contributed by atoms with Gasteiger partial charge in [-0.05, 0) is 90.8 Å². The van der Waals surface area contributed by atoms with Gasteiger partial charge >= 0.3 is 0 Å². The van der Waals surface area contributed by atoms with Gasteiger partial charge in [0.15, 0.2) is 0 Å². The number of nitrogens with one attached hydrogen (secondary N) is 1. The third-order valence-electron chi connectivity index (χ3n) is 8.46. The molecule has 0 amide bonds. The van der Waals surface area contributed by atoms with Gasteiger partial charge in [0.05, 0.1) is 5.56 Å². The first kappa shape index (κ1) is 30.5. The molecule has 5 nitrogen and oxygen atoms in total. The molecule has 1 aliphatic carbocycles. The zero-order valence-corrected chi connectivity index (χ0v) is 25.9. The summed E-state index contributed by atoms with van der Waals surface area (Å²) in [6.45, 7) is 2.98. The molecule has 2 atom stereocenters. The van der Waals surface area contributed by atoms with Crippen LogP contribution in [-0.2, 0) is 32.4 Å². The van der Waals surface area contributed by atoms with Crippen molar-refractivity contribution in [2.75, 3.05) is 0 Å². The number of hydrogen-bond donors (Lipinski definition) is 1. The summed E-state index contributed by atoms with van der Waals surface area (Å²) in [5.74, 6) is 0.803. The average molecular weight is 617 g/mol. The fourth-order valence-corrected chi connectivity index (χ4v) is 6.46. The van der Waals surface area contributed by atoms with Crippen LogP contribution in [0.15, 0.2) is 97.5 Å². The van der Waals surface area contributed by atoms with Crippen molar-refractivity contribution < 1.29 is 9.13 Å². The number of aromatic nitrogens is 2. The SMILES string of the molecule is CC(Cc1ccccn1)NCc1cc(Cl)c(C[C@H]2CCc3c(-c4ccccc4F)cccc32)cc1OCc1cncc(C#N)c1. The molecule has 1 N–H and O–H groups in total. The number of halogens is 2. The van der Waals surface area contributed by atoms with Crippen LogP contribution in [0.2, 0.25) is 5.02 Å². The van der Waals surface area contributed by atoms with Crippen LogP contribution < -0.4 is 10.1 Å². The molecule has 6 rings (SSSR count). The Bertz CT molecular complexity index is 1840. The van der Waals surface area contributed by atoms with Crippen molar-refractivity contribution in [3.05, 3.63) is 147 Å². The first-order valence-electron chi connectivity index (χ1n) is 15.3. The van der Waals surface area contributed by atoms with Crippen molar-refractivity contribution in [3.8, 4) is 22.9 Å². The van der Waals surface area contributed by atoms with E-state index in [0.29, 0.717) is 22.7 Å². The molecule has 0 aliphatic heterocycles. The van der Waals surface area contributed by atoms with E-state index in [-0.39, 0.29) is 24.4 Å². The number of benzene rings is 3. The molecule has 45 heavy (non-hydrogen) atoms. The maximum Gasteiger partial charge on any atom is 0.131 e. The highest BCUT2D eigenvalue weighted by atomic mass is 35.5. The van der Waals surface area contributed by atoms with E-state index < -0.39 is 0 Å². The molecule has 1 unspecified atom stereocenters. The Kier molecular flexibility index (Phi) is 9.49. The van der Waals surface area contributed by atoms with Crippen LogP contribution in [0.3, 0.4) is 0 Å². The number of nitrogens with zero attached hydrogens (tertiary/aromatic N) is 3. The molecule has 2 heterocycles. The van der Waals surface area contributed by atoms with Crippen molar-refractivity contribution in [2.24, 2.45) is 0 Å². The average Bonchev–Trinajstić information content (AvgIpc) is 3.48. The molecular weight excluding hydrogens is 583 g/mol. The second-order valence-corrected chi connectivity index (χ2v) is 12.0. The van der Waals surface area contributed by atoms with Crippen molar-refractivity contribution in [3.63, 3.8) is 0 Å². The molecular formula is C38H34ClFN4O. The first-order chi connectivity index (χ1) is 22.0. The predicted octanol–water partition coefficient (Wildman–Crippen LogP) is 8.38. The van der Waals surface area contributed by atoms with E-state index >= 15 is 0 Å². The minimum absolute atomic E-state index is 0.182. The van der Waals surface area contributed by atoms with Crippen LogP contribution in [0.4, 0.5) is 4.39 Å². The van der Waals surface area contributed by atoms with Crippen LogP contribution in [0.1, 0.15) is 58.3 Å². The van der Waals surface area contributed by atoms with E-state index in [1.807, 2.05) is 54.7 Å². The first-order valence-corrected chi connectivity index (χ1v) is 15.6. The summed E-state index contributed by atoms with van der Waals surface area (Å²) in [5.41, 5.74) is 8.39. The van der Waals surface area contributed by atoms with Crippen LogP contribution in [-0.4, -0.2) is 16.0 Å². The highest BCUT2D eigenvalue weighted by Gasteiger charge is 2.27. The normalized spacial score (nSPS) is 14.5. The fraction of sp³-hybridized carbons (Fsp3) is 0.237. The van der Waals surface area contributed by atoms with Crippen molar-refractivity contribution >= 4 is 11.6 Å². The summed E-state index contributed by atoms with van der Waals surface area (Å²) in [5, 5.41) is 13.6. The molecule has 0 bridgehead atoms. The summed E-state index contributed by atoms with van der Waals surface area (Å²) in [7, 11) is 0. The van der Waals surface area contributed by atoms with Crippen molar-refractivity contribution in [1.29, 1.82) is 5.26 Å². The largest absolute Gasteiger partial charge is 0.489 e. The number of nitriles is 1. The van der Waals surface area contributed by atoms with E-state index in [1.54, 1.807) is 24.5 Å². The maximum absolute atomic E-state index is 14.7. The molecule has 226 valence electrons. The molecule has 1 aliphatic rings. The molecule has 0 fully saturated rings. The molecule has 3 aromatic carbocycles. The summed E-state index contributed by atoms with van der Waals surface area (Å²) < 4.78 is 21.1. The third kappa shape index (κ3) is 7.23. The van der Waals surface area contributed by atoms with Gasteiger partial charge in [0.2, 0.25) is 0 Å². The highest BCUT2D eigenvalue weighted by molar-refractivity contribution is 6.31. The summed E-state index contributed by atoms with van der Waals surface area (Å²) >= 11 is 6.97. The summed E-state index contributed by atoms with van der Waals surface area (Å²) in [6, 6.07) is 27.3. The van der Waals surface area contributed by atoms with Gasteiger partial charge in [0.25, 0.3) is 0 Å². The van der Waals surface area contributed by atoms with Gasteiger partial charge in [0, 0.05) is 65.0 Å². The van der Waals surface area contributed by atoms with Crippen molar-refractivity contribution in [2.45, 2.75) is 57.7 Å². The lowest BCUT2D eigenvalue weighted by atomic mass is 9.90. The molecule has 0 saturated carbocycles. The minimum Gasteiger partial charge on any atom is -0.489 e. The summed E-state index contributed by atoms with van der Waals surface area (Å²) in [6.07, 6.45) is 8.47. The Labute approximate surface area is 268 Å². The molecule has 0 spiro atoms. The van der Waals surface area contributed by atoms with Gasteiger partial charge in [-0.15, -0.1) is 0 Å². The Morgan fingerprint density at radius 2 is 1.87 bits per heavy atom. The quantitative estimate of drug-likeness (QED) is 0.161. The Morgan fingerprint density at radius 3 is 2.69 bits per heavy atom. The molecule has 5 aromatic rings. The fourth-order valence-electron chi connectivity index (χ4n) is 6.19. The maximum atomic E-state index is 14.7. The van der Waals surface area contributed by atoms with Crippen LogP contribution in [0.5, 0.6) is 5.75 Å². The van der Waals surface area contributed by atoms with E-state index in [0.717, 1.165) is 59.4 Å². The van der Waals surface area contributed by atoms with Crippen LogP contribution >= 0.6 is 11.6 Å². The van der Waals surface area contributed by atoms with E-state index in [4.69, 9.17) is 16.3 Å². The van der Waals surface area contributed by atoms with Gasteiger partial charge < -0.3 is 10.1 Å². The third-order valence-corrected chi connectivity index (χ3v) is 8.81. The monoisotopic (exact) mass is 616 g/mol. The Morgan fingerprint density at radius 1 is 1.02 bits per heavy atom. The zero-order valence-electron chi connectivity index (χ0n) is 25.1. The molecule has 7 heteroatoms. The van der Waals surface area contributed by atoms with Gasteiger partial charge in [-0.3, -0.25) is 9.97 Å². The van der Waals surface area contributed by atoms with Crippen molar-refractivity contribution in [1.82, 2.24) is 15.3 Å². The smallest absolute Gasteiger partial charge is 0.131 e. The number of fused-ring (bicyclic) bond motifs is 1. The lowest BCUT2D eigenvalue weighted by molar-refractivity contribution is 0.300. The minimum atomic E-state index is -0.201. The summed E-state index contributed by atoms with van der Waals surface area (Å²) in [4.78, 5) is 8.63. The van der Waals surface area contributed by atoms with Gasteiger partial charge in [0.1, 0.15) is 24.2 Å². The van der Waals surface area contributed by atoms with Gasteiger partial charge in [-0.1, -0.05) is 54.1 Å². The standard InChI is InChI=1S/C38H34ClFN4O/c1-25(15-31-7-4-5-14-43-31)44-23-30-18-36(39)29(19-38(30)45-24-27-16-26(20-41)21-42-22-27)17-28-12-13-34-32(28)9-6-10-33(34)35-8-2-3-11-37(35)40/h2-11,14,16,18-19,21-22,25,28,44H,12-13,15,17,23-24H2,1H3/t25?,28-/m1/s1. The highest BCUT2D eigenvalue weighted by Crippen LogP contribution is 2.42. The molecule has 0 radical (unpaired) electrons. The molecule has 0 saturated heterocycles.